The summed E-state index contributed by atoms with van der Waals surface area (Å²) < 4.78 is 0.907. The molecule has 0 spiro atoms. The predicted molar refractivity (Wildman–Crippen MR) is 43.6 cm³/mol. The minimum atomic E-state index is 0.907. The van der Waals surface area contributed by atoms with Gasteiger partial charge in [-0.2, -0.15) is 0 Å². The van der Waals surface area contributed by atoms with E-state index in [1.807, 2.05) is 0 Å². The standard InChI is InChI=1S/C6H12S2/c1-3-6-7-4-5(2)8-6/h5-6H,3-4H2,1-2H3/t5-,6-/m0/s1. The number of hydrogen-bond donors (Lipinski definition) is 0. The van der Waals surface area contributed by atoms with E-state index in [1.54, 1.807) is 0 Å². The number of thioether (sulfide) groups is 2. The molecular weight excluding hydrogens is 136 g/mol. The molecule has 0 nitrogen and oxygen atoms in total. The molecule has 8 heavy (non-hydrogen) atoms. The molecule has 0 aliphatic carbocycles. The van der Waals surface area contributed by atoms with Gasteiger partial charge >= 0.3 is 0 Å². The van der Waals surface area contributed by atoms with Gasteiger partial charge in [0.1, 0.15) is 0 Å². The largest absolute Gasteiger partial charge is 0.146 e. The molecule has 0 bridgehead atoms. The Balaban J connectivity index is 2.22. The lowest BCUT2D eigenvalue weighted by molar-refractivity contribution is 1.06. The van der Waals surface area contributed by atoms with Crippen LogP contribution in [0.2, 0.25) is 0 Å². The van der Waals surface area contributed by atoms with Crippen LogP contribution in [0.15, 0.2) is 0 Å². The Bertz CT molecular complexity index is 72.9. The van der Waals surface area contributed by atoms with E-state index in [4.69, 9.17) is 0 Å². The molecule has 0 saturated carbocycles. The van der Waals surface area contributed by atoms with Crippen molar-refractivity contribution in [3.8, 4) is 0 Å². The Kier molecular flexibility index (Phi) is 2.57. The van der Waals surface area contributed by atoms with Crippen LogP contribution in [0.4, 0.5) is 0 Å². The van der Waals surface area contributed by atoms with Crippen LogP contribution in [0.25, 0.3) is 0 Å². The first-order chi connectivity index (χ1) is 3.83. The van der Waals surface area contributed by atoms with Gasteiger partial charge in [-0.1, -0.05) is 13.8 Å². The van der Waals surface area contributed by atoms with Gasteiger partial charge in [0.25, 0.3) is 0 Å². The van der Waals surface area contributed by atoms with Gasteiger partial charge in [-0.25, -0.2) is 0 Å². The second kappa shape index (κ2) is 3.02. The summed E-state index contributed by atoms with van der Waals surface area (Å²) in [4.78, 5) is 0. The Labute approximate surface area is 59.8 Å². The van der Waals surface area contributed by atoms with Gasteiger partial charge in [0, 0.05) is 11.0 Å². The van der Waals surface area contributed by atoms with Gasteiger partial charge in [0.05, 0.1) is 4.58 Å². The average Bonchev–Trinajstić information content (AvgIpc) is 2.14. The van der Waals surface area contributed by atoms with Crippen LogP contribution in [0.1, 0.15) is 20.3 Å². The zero-order chi connectivity index (χ0) is 5.98. The van der Waals surface area contributed by atoms with E-state index in [9.17, 15) is 0 Å². The second-order valence-electron chi connectivity index (χ2n) is 2.12. The molecule has 0 radical (unpaired) electrons. The fourth-order valence-electron chi connectivity index (χ4n) is 0.795. The molecule has 0 N–H and O–H groups in total. The average molecular weight is 148 g/mol. The van der Waals surface area contributed by atoms with Crippen molar-refractivity contribution >= 4 is 23.5 Å². The van der Waals surface area contributed by atoms with Gasteiger partial charge in [-0.3, -0.25) is 0 Å². The predicted octanol–water partition coefficient (Wildman–Crippen LogP) is 2.59. The summed E-state index contributed by atoms with van der Waals surface area (Å²) in [6.45, 7) is 4.58. The van der Waals surface area contributed by atoms with Gasteiger partial charge in [-0.15, -0.1) is 23.5 Å². The Morgan fingerprint density at radius 3 is 2.62 bits per heavy atom. The Hall–Kier alpha value is 0.700. The Morgan fingerprint density at radius 2 is 2.38 bits per heavy atom. The van der Waals surface area contributed by atoms with Crippen LogP contribution in [-0.4, -0.2) is 15.6 Å². The minimum absolute atomic E-state index is 0.907. The highest BCUT2D eigenvalue weighted by Crippen LogP contribution is 2.38. The molecule has 0 aromatic carbocycles. The zero-order valence-corrected chi connectivity index (χ0v) is 7.02. The van der Waals surface area contributed by atoms with Crippen molar-refractivity contribution in [1.82, 2.24) is 0 Å². The van der Waals surface area contributed by atoms with Crippen molar-refractivity contribution in [3.05, 3.63) is 0 Å². The highest BCUT2D eigenvalue weighted by molar-refractivity contribution is 8.20. The monoisotopic (exact) mass is 148 g/mol. The van der Waals surface area contributed by atoms with E-state index in [1.165, 1.54) is 12.2 Å². The zero-order valence-electron chi connectivity index (χ0n) is 5.39. The fraction of sp³-hybridized carbons (Fsp3) is 1.00. The molecule has 1 aliphatic rings. The van der Waals surface area contributed by atoms with Crippen molar-refractivity contribution in [2.45, 2.75) is 30.1 Å². The smallest absolute Gasteiger partial charge is 0.0503 e. The number of hydrogen-bond acceptors (Lipinski definition) is 2. The van der Waals surface area contributed by atoms with E-state index in [2.05, 4.69) is 37.4 Å². The summed E-state index contributed by atoms with van der Waals surface area (Å²) in [5.74, 6) is 1.36. The molecule has 0 aromatic heterocycles. The topological polar surface area (TPSA) is 0 Å². The van der Waals surface area contributed by atoms with E-state index in [-0.39, 0.29) is 0 Å². The van der Waals surface area contributed by atoms with Crippen LogP contribution in [0, 0.1) is 0 Å². The summed E-state index contributed by atoms with van der Waals surface area (Å²) in [6, 6.07) is 0. The lowest BCUT2D eigenvalue weighted by atomic mass is 10.6. The lowest BCUT2D eigenvalue weighted by Crippen LogP contribution is -1.90. The molecule has 0 unspecified atom stereocenters. The lowest BCUT2D eigenvalue weighted by Gasteiger charge is -2.01. The van der Waals surface area contributed by atoms with Gasteiger partial charge < -0.3 is 0 Å². The summed E-state index contributed by atoms with van der Waals surface area (Å²) in [6.07, 6.45) is 1.33. The third-order valence-corrected chi connectivity index (χ3v) is 4.85. The quantitative estimate of drug-likeness (QED) is 0.560. The van der Waals surface area contributed by atoms with Crippen LogP contribution in [0.5, 0.6) is 0 Å². The van der Waals surface area contributed by atoms with Crippen LogP contribution in [0.3, 0.4) is 0 Å². The summed E-state index contributed by atoms with van der Waals surface area (Å²) in [5, 5.41) is 0.907. The van der Waals surface area contributed by atoms with Gasteiger partial charge in [0.15, 0.2) is 0 Å². The molecular formula is C6H12S2. The van der Waals surface area contributed by atoms with Crippen molar-refractivity contribution < 1.29 is 0 Å². The summed E-state index contributed by atoms with van der Waals surface area (Å²) in [5.41, 5.74) is 0. The molecule has 2 atom stereocenters. The molecule has 1 aliphatic heterocycles. The SMILES string of the molecule is CC[C@H]1SC[C@H](C)S1. The molecule has 2 heteroatoms. The number of rotatable bonds is 1. The first-order valence-corrected chi connectivity index (χ1v) is 5.09. The molecule has 1 rings (SSSR count). The highest BCUT2D eigenvalue weighted by atomic mass is 32.2. The van der Waals surface area contributed by atoms with E-state index < -0.39 is 0 Å². The molecule has 0 amide bonds. The maximum Gasteiger partial charge on any atom is 0.0503 e. The first kappa shape index (κ1) is 6.81. The molecule has 0 aromatic rings. The molecule has 48 valence electrons. The van der Waals surface area contributed by atoms with Crippen molar-refractivity contribution in [1.29, 1.82) is 0 Å². The van der Waals surface area contributed by atoms with E-state index in [0.717, 1.165) is 9.83 Å². The maximum atomic E-state index is 2.31. The Morgan fingerprint density at radius 1 is 1.62 bits per heavy atom. The van der Waals surface area contributed by atoms with Crippen LogP contribution < -0.4 is 0 Å². The molecule has 1 heterocycles. The van der Waals surface area contributed by atoms with Crippen LogP contribution >= 0.6 is 23.5 Å². The maximum absolute atomic E-state index is 2.31. The normalized spacial score (nSPS) is 38.2. The van der Waals surface area contributed by atoms with E-state index >= 15 is 0 Å². The highest BCUT2D eigenvalue weighted by Gasteiger charge is 2.19. The summed E-state index contributed by atoms with van der Waals surface area (Å²) >= 11 is 4.24. The third kappa shape index (κ3) is 1.59. The molecule has 1 fully saturated rings. The van der Waals surface area contributed by atoms with Gasteiger partial charge in [-0.05, 0) is 6.42 Å². The second-order valence-corrected chi connectivity index (χ2v) is 5.30. The third-order valence-electron chi connectivity index (χ3n) is 1.23. The molecule has 1 saturated heterocycles. The van der Waals surface area contributed by atoms with Gasteiger partial charge in [0.2, 0.25) is 0 Å². The summed E-state index contributed by atoms with van der Waals surface area (Å²) in [7, 11) is 0. The van der Waals surface area contributed by atoms with E-state index in [0.29, 0.717) is 0 Å². The van der Waals surface area contributed by atoms with Crippen LogP contribution in [-0.2, 0) is 0 Å². The van der Waals surface area contributed by atoms with Crippen molar-refractivity contribution in [3.63, 3.8) is 0 Å². The minimum Gasteiger partial charge on any atom is -0.146 e. The van der Waals surface area contributed by atoms with Crippen molar-refractivity contribution in [2.24, 2.45) is 0 Å². The van der Waals surface area contributed by atoms with Crippen molar-refractivity contribution in [2.75, 3.05) is 5.75 Å². The first-order valence-electron chi connectivity index (χ1n) is 3.10. The fourth-order valence-corrected chi connectivity index (χ4v) is 3.90.